The number of para-hydroxylation sites is 2. The number of hydrogen-bond donors (Lipinski definition) is 1. The zero-order chi connectivity index (χ0) is 11.5. The average Bonchev–Trinajstić information content (AvgIpc) is 2.62. The van der Waals surface area contributed by atoms with Crippen LogP contribution in [0.15, 0.2) is 35.4 Å². The van der Waals surface area contributed by atoms with Gasteiger partial charge in [0.1, 0.15) is 6.33 Å². The number of hydrogen-bond acceptors (Lipinski definition) is 3. The Hall–Kier alpha value is -2.04. The van der Waals surface area contributed by atoms with Crippen LogP contribution in [0.3, 0.4) is 0 Å². The summed E-state index contributed by atoms with van der Waals surface area (Å²) in [6, 6.07) is 7.24. The fraction of sp³-hybridized carbons (Fsp3) is 0.273. The van der Waals surface area contributed by atoms with E-state index in [2.05, 4.69) is 5.10 Å². The summed E-state index contributed by atoms with van der Waals surface area (Å²) in [6.45, 7) is 2.63. The van der Waals surface area contributed by atoms with Crippen molar-refractivity contribution in [1.29, 1.82) is 0 Å². The Balaban J connectivity index is 2.50. The van der Waals surface area contributed by atoms with Gasteiger partial charge in [0.15, 0.2) is 0 Å². The first-order valence-corrected chi connectivity index (χ1v) is 5.23. The van der Waals surface area contributed by atoms with E-state index >= 15 is 0 Å². The summed E-state index contributed by atoms with van der Waals surface area (Å²) < 4.78 is 2.90. The molecule has 0 saturated carbocycles. The molecule has 0 radical (unpaired) electrons. The van der Waals surface area contributed by atoms with Gasteiger partial charge in [0.25, 0.3) is 0 Å². The first-order valence-electron chi connectivity index (χ1n) is 5.23. The van der Waals surface area contributed by atoms with Crippen LogP contribution >= 0.6 is 0 Å². The maximum absolute atomic E-state index is 11.9. The van der Waals surface area contributed by atoms with Gasteiger partial charge in [-0.1, -0.05) is 19.1 Å². The third kappa shape index (κ3) is 1.71. The van der Waals surface area contributed by atoms with E-state index in [0.29, 0.717) is 17.9 Å². The molecule has 0 amide bonds. The van der Waals surface area contributed by atoms with Crippen LogP contribution in [0.5, 0.6) is 0 Å². The summed E-state index contributed by atoms with van der Waals surface area (Å²) >= 11 is 0. The van der Waals surface area contributed by atoms with Gasteiger partial charge in [0.2, 0.25) is 0 Å². The van der Waals surface area contributed by atoms with Gasteiger partial charge in [-0.25, -0.2) is 14.0 Å². The van der Waals surface area contributed by atoms with E-state index in [4.69, 9.17) is 5.73 Å². The molecular weight excluding hydrogens is 204 g/mol. The van der Waals surface area contributed by atoms with Crippen molar-refractivity contribution >= 4 is 5.69 Å². The van der Waals surface area contributed by atoms with Crippen LogP contribution in [0, 0.1) is 0 Å². The summed E-state index contributed by atoms with van der Waals surface area (Å²) in [4.78, 5) is 11.9. The van der Waals surface area contributed by atoms with Crippen molar-refractivity contribution in [2.75, 3.05) is 5.73 Å². The highest BCUT2D eigenvalue weighted by Gasteiger charge is 2.07. The lowest BCUT2D eigenvalue weighted by Crippen LogP contribution is -2.24. The molecule has 1 aromatic heterocycles. The minimum atomic E-state index is -0.153. The van der Waals surface area contributed by atoms with Crippen LogP contribution in [0.2, 0.25) is 0 Å². The zero-order valence-corrected chi connectivity index (χ0v) is 9.13. The molecule has 2 N–H and O–H groups in total. The van der Waals surface area contributed by atoms with Crippen molar-refractivity contribution in [2.45, 2.75) is 19.9 Å². The lowest BCUT2D eigenvalue weighted by molar-refractivity contribution is 0.578. The van der Waals surface area contributed by atoms with Crippen molar-refractivity contribution in [3.8, 4) is 5.69 Å². The van der Waals surface area contributed by atoms with E-state index in [-0.39, 0.29) is 5.69 Å². The molecule has 1 heterocycles. The number of aryl methyl sites for hydroxylation is 1. The maximum atomic E-state index is 11.9. The zero-order valence-electron chi connectivity index (χ0n) is 9.13. The van der Waals surface area contributed by atoms with E-state index in [1.54, 1.807) is 12.1 Å². The molecule has 1 aromatic carbocycles. The molecule has 0 aliphatic carbocycles. The first kappa shape index (κ1) is 10.5. The number of nitrogens with two attached hydrogens (primary N) is 1. The van der Waals surface area contributed by atoms with Crippen LogP contribution in [0.1, 0.15) is 13.3 Å². The Bertz CT molecular complexity index is 541. The molecule has 2 rings (SSSR count). The predicted molar refractivity (Wildman–Crippen MR) is 62.5 cm³/mol. The molecule has 0 saturated heterocycles. The Kier molecular flexibility index (Phi) is 2.76. The van der Waals surface area contributed by atoms with Crippen molar-refractivity contribution in [1.82, 2.24) is 14.3 Å². The molecule has 0 aliphatic heterocycles. The van der Waals surface area contributed by atoms with E-state index in [0.717, 1.165) is 6.42 Å². The largest absolute Gasteiger partial charge is 0.397 e. The van der Waals surface area contributed by atoms with Gasteiger partial charge in [-0.15, -0.1) is 0 Å². The number of rotatable bonds is 3. The Morgan fingerprint density at radius 2 is 2.12 bits per heavy atom. The third-order valence-electron chi connectivity index (χ3n) is 2.37. The highest BCUT2D eigenvalue weighted by Crippen LogP contribution is 2.13. The smallest absolute Gasteiger partial charge is 0.350 e. The second-order valence-electron chi connectivity index (χ2n) is 3.57. The molecule has 0 aliphatic rings. The molecule has 84 valence electrons. The van der Waals surface area contributed by atoms with Crippen LogP contribution < -0.4 is 11.4 Å². The quantitative estimate of drug-likeness (QED) is 0.782. The van der Waals surface area contributed by atoms with Gasteiger partial charge in [-0.2, -0.15) is 5.10 Å². The standard InChI is InChI=1S/C11H14N4O/c1-2-7-15-11(16)14(8-13-15)10-6-4-3-5-9(10)12/h3-6,8H,2,7,12H2,1H3. The fourth-order valence-electron chi connectivity index (χ4n) is 1.57. The van der Waals surface area contributed by atoms with Gasteiger partial charge >= 0.3 is 5.69 Å². The molecular formula is C11H14N4O. The van der Waals surface area contributed by atoms with Gasteiger partial charge in [-0.05, 0) is 18.6 Å². The third-order valence-corrected chi connectivity index (χ3v) is 2.37. The number of anilines is 1. The average molecular weight is 218 g/mol. The molecule has 2 aromatic rings. The van der Waals surface area contributed by atoms with Crippen molar-refractivity contribution < 1.29 is 0 Å². The van der Waals surface area contributed by atoms with Gasteiger partial charge < -0.3 is 5.73 Å². The van der Waals surface area contributed by atoms with E-state index in [9.17, 15) is 4.79 Å². The van der Waals surface area contributed by atoms with Crippen LogP contribution in [0.25, 0.3) is 5.69 Å². The Morgan fingerprint density at radius 3 is 2.81 bits per heavy atom. The van der Waals surface area contributed by atoms with E-state index in [1.807, 2.05) is 19.1 Å². The van der Waals surface area contributed by atoms with E-state index < -0.39 is 0 Å². The second-order valence-corrected chi connectivity index (χ2v) is 3.57. The van der Waals surface area contributed by atoms with Crippen LogP contribution in [-0.2, 0) is 6.54 Å². The topological polar surface area (TPSA) is 65.8 Å². The molecule has 0 spiro atoms. The molecule has 0 bridgehead atoms. The molecule has 0 atom stereocenters. The maximum Gasteiger partial charge on any atom is 0.350 e. The molecule has 0 fully saturated rings. The van der Waals surface area contributed by atoms with Crippen LogP contribution in [-0.4, -0.2) is 14.3 Å². The summed E-state index contributed by atoms with van der Waals surface area (Å²) in [5.74, 6) is 0. The molecule has 5 heteroatoms. The SMILES string of the molecule is CCCn1ncn(-c2ccccc2N)c1=O. The summed E-state index contributed by atoms with van der Waals surface area (Å²) in [6.07, 6.45) is 2.38. The Morgan fingerprint density at radius 1 is 1.38 bits per heavy atom. The highest BCUT2D eigenvalue weighted by molar-refractivity contribution is 5.57. The minimum Gasteiger partial charge on any atom is -0.397 e. The number of nitrogen functional groups attached to an aromatic ring is 1. The summed E-state index contributed by atoms with van der Waals surface area (Å²) in [7, 11) is 0. The van der Waals surface area contributed by atoms with E-state index in [1.165, 1.54) is 15.6 Å². The first-order chi connectivity index (χ1) is 7.74. The number of benzene rings is 1. The molecule has 0 unspecified atom stereocenters. The van der Waals surface area contributed by atoms with Crippen molar-refractivity contribution in [3.05, 3.63) is 41.1 Å². The van der Waals surface area contributed by atoms with Gasteiger partial charge in [-0.3, -0.25) is 0 Å². The number of nitrogens with zero attached hydrogens (tertiary/aromatic N) is 3. The lowest BCUT2D eigenvalue weighted by Gasteiger charge is -2.03. The van der Waals surface area contributed by atoms with Crippen molar-refractivity contribution in [3.63, 3.8) is 0 Å². The minimum absolute atomic E-state index is 0.153. The highest BCUT2D eigenvalue weighted by atomic mass is 16.2. The predicted octanol–water partition coefficient (Wildman–Crippen LogP) is 1.03. The normalized spacial score (nSPS) is 10.6. The summed E-state index contributed by atoms with van der Waals surface area (Å²) in [5, 5.41) is 4.03. The van der Waals surface area contributed by atoms with Gasteiger partial charge in [0.05, 0.1) is 11.4 Å². The lowest BCUT2D eigenvalue weighted by atomic mass is 10.3. The van der Waals surface area contributed by atoms with Crippen LogP contribution in [0.4, 0.5) is 5.69 Å². The monoisotopic (exact) mass is 218 g/mol. The summed E-state index contributed by atoms with van der Waals surface area (Å²) in [5.41, 5.74) is 6.90. The van der Waals surface area contributed by atoms with Crippen molar-refractivity contribution in [2.24, 2.45) is 0 Å². The fourth-order valence-corrected chi connectivity index (χ4v) is 1.57. The Labute approximate surface area is 93.1 Å². The molecule has 5 nitrogen and oxygen atoms in total. The molecule has 16 heavy (non-hydrogen) atoms. The number of aromatic nitrogens is 3. The van der Waals surface area contributed by atoms with Gasteiger partial charge in [0, 0.05) is 6.54 Å². The second kappa shape index (κ2) is 4.22.